The number of rotatable bonds is 4. The molecular formula is C20H29F3N4O. The Labute approximate surface area is 164 Å². The molecule has 1 aromatic heterocycles. The van der Waals surface area contributed by atoms with Crippen molar-refractivity contribution in [3.8, 4) is 0 Å². The second kappa shape index (κ2) is 8.68. The molecule has 156 valence electrons. The second-order valence-electron chi connectivity index (χ2n) is 7.69. The van der Waals surface area contributed by atoms with Crippen LogP contribution in [0.25, 0.3) is 0 Å². The first-order valence-corrected chi connectivity index (χ1v) is 10.1. The highest BCUT2D eigenvalue weighted by Gasteiger charge is 2.33. The van der Waals surface area contributed by atoms with Crippen LogP contribution in [-0.2, 0) is 11.0 Å². The number of nitrogens with zero attached hydrogens (tertiary/aromatic N) is 4. The van der Waals surface area contributed by atoms with Crippen LogP contribution in [0.1, 0.15) is 45.1 Å². The Kier molecular flexibility index (Phi) is 6.47. The summed E-state index contributed by atoms with van der Waals surface area (Å²) in [6, 6.07) is 2.67. The van der Waals surface area contributed by atoms with E-state index in [0.29, 0.717) is 38.0 Å². The van der Waals surface area contributed by atoms with E-state index in [9.17, 15) is 18.0 Å². The molecule has 0 spiro atoms. The van der Waals surface area contributed by atoms with Gasteiger partial charge in [0.2, 0.25) is 5.91 Å². The smallest absolute Gasteiger partial charge is 0.354 e. The maximum atomic E-state index is 13.0. The average Bonchev–Trinajstić information content (AvgIpc) is 2.72. The Bertz CT molecular complexity index is 656. The quantitative estimate of drug-likeness (QED) is 0.779. The number of likely N-dealkylation sites (tertiary alicyclic amines) is 1. The van der Waals surface area contributed by atoms with Crippen LogP contribution in [0.2, 0.25) is 0 Å². The SMILES string of the molecule is CCC1CCCCN1C(=O)C(C)N1CCN(c2ccc(C(F)(F)F)cn2)CC1. The lowest BCUT2D eigenvalue weighted by Gasteiger charge is -2.42. The summed E-state index contributed by atoms with van der Waals surface area (Å²) in [5, 5.41) is 0. The van der Waals surface area contributed by atoms with E-state index in [4.69, 9.17) is 0 Å². The summed E-state index contributed by atoms with van der Waals surface area (Å²) in [5.41, 5.74) is -0.735. The molecular weight excluding hydrogens is 369 g/mol. The fraction of sp³-hybridized carbons (Fsp3) is 0.700. The molecule has 2 atom stereocenters. The van der Waals surface area contributed by atoms with Crippen molar-refractivity contribution in [3.05, 3.63) is 23.9 Å². The van der Waals surface area contributed by atoms with Crippen LogP contribution in [0.5, 0.6) is 0 Å². The lowest BCUT2D eigenvalue weighted by atomic mass is 9.99. The lowest BCUT2D eigenvalue weighted by Crippen LogP contribution is -2.56. The van der Waals surface area contributed by atoms with Crippen molar-refractivity contribution in [3.63, 3.8) is 0 Å². The van der Waals surface area contributed by atoms with Crippen LogP contribution >= 0.6 is 0 Å². The molecule has 3 heterocycles. The molecule has 2 aliphatic heterocycles. The van der Waals surface area contributed by atoms with Crippen LogP contribution < -0.4 is 4.90 Å². The van der Waals surface area contributed by atoms with Gasteiger partial charge in [0, 0.05) is 45.0 Å². The molecule has 0 aromatic carbocycles. The van der Waals surface area contributed by atoms with E-state index in [1.165, 1.54) is 12.5 Å². The Morgan fingerprint density at radius 2 is 1.89 bits per heavy atom. The molecule has 0 saturated carbocycles. The first-order chi connectivity index (χ1) is 13.3. The van der Waals surface area contributed by atoms with Crippen LogP contribution in [0, 0.1) is 0 Å². The van der Waals surface area contributed by atoms with Gasteiger partial charge >= 0.3 is 6.18 Å². The Balaban J connectivity index is 1.56. The minimum absolute atomic E-state index is 0.171. The average molecular weight is 398 g/mol. The highest BCUT2D eigenvalue weighted by atomic mass is 19.4. The second-order valence-corrected chi connectivity index (χ2v) is 7.69. The molecule has 0 radical (unpaired) electrons. The number of pyridine rings is 1. The molecule has 2 unspecified atom stereocenters. The largest absolute Gasteiger partial charge is 0.417 e. The summed E-state index contributed by atoms with van der Waals surface area (Å²) < 4.78 is 38.1. The number of halogens is 3. The van der Waals surface area contributed by atoms with Gasteiger partial charge in [0.1, 0.15) is 5.82 Å². The molecule has 0 aliphatic carbocycles. The highest BCUT2D eigenvalue weighted by molar-refractivity contribution is 5.82. The molecule has 2 saturated heterocycles. The number of anilines is 1. The summed E-state index contributed by atoms with van der Waals surface area (Å²) >= 11 is 0. The van der Waals surface area contributed by atoms with Crippen molar-refractivity contribution in [1.29, 1.82) is 0 Å². The van der Waals surface area contributed by atoms with Crippen molar-refractivity contribution in [1.82, 2.24) is 14.8 Å². The van der Waals surface area contributed by atoms with Crippen LogP contribution in [0.15, 0.2) is 18.3 Å². The van der Waals surface area contributed by atoms with Crippen molar-refractivity contribution in [2.75, 3.05) is 37.6 Å². The Morgan fingerprint density at radius 3 is 2.46 bits per heavy atom. The standard InChI is InChI=1S/C20H29F3N4O/c1-3-17-6-4-5-9-27(17)19(28)15(2)25-10-12-26(13-11-25)18-8-7-16(14-24-18)20(21,22)23/h7-8,14-15,17H,3-6,9-13H2,1-2H3. The van der Waals surface area contributed by atoms with Gasteiger partial charge in [0.25, 0.3) is 0 Å². The number of alkyl halides is 3. The number of carbonyl (C=O) groups excluding carboxylic acids is 1. The number of hydrogen-bond acceptors (Lipinski definition) is 4. The van der Waals surface area contributed by atoms with Gasteiger partial charge in [-0.1, -0.05) is 6.92 Å². The van der Waals surface area contributed by atoms with E-state index in [1.807, 2.05) is 11.8 Å². The third-order valence-corrected chi connectivity index (χ3v) is 6.00. The monoisotopic (exact) mass is 398 g/mol. The maximum absolute atomic E-state index is 13.0. The summed E-state index contributed by atoms with van der Waals surface area (Å²) in [5.74, 6) is 0.751. The van der Waals surface area contributed by atoms with Gasteiger partial charge in [0.15, 0.2) is 0 Å². The number of carbonyl (C=O) groups is 1. The first kappa shape index (κ1) is 20.9. The van der Waals surface area contributed by atoms with E-state index in [0.717, 1.165) is 38.1 Å². The molecule has 0 bridgehead atoms. The maximum Gasteiger partial charge on any atom is 0.417 e. The van der Waals surface area contributed by atoms with Crippen LogP contribution in [0.4, 0.5) is 19.0 Å². The molecule has 5 nitrogen and oxygen atoms in total. The normalized spacial score (nSPS) is 23.0. The van der Waals surface area contributed by atoms with Gasteiger partial charge in [-0.2, -0.15) is 13.2 Å². The Morgan fingerprint density at radius 1 is 1.18 bits per heavy atom. The topological polar surface area (TPSA) is 39.7 Å². The van der Waals surface area contributed by atoms with Gasteiger partial charge in [-0.05, 0) is 44.7 Å². The zero-order valence-corrected chi connectivity index (χ0v) is 16.6. The minimum atomic E-state index is -4.37. The third-order valence-electron chi connectivity index (χ3n) is 6.00. The lowest BCUT2D eigenvalue weighted by molar-refractivity contribution is -0.140. The number of aromatic nitrogens is 1. The van der Waals surface area contributed by atoms with E-state index in [-0.39, 0.29) is 11.9 Å². The predicted octanol–water partition coefficient (Wildman–Crippen LogP) is 3.40. The fourth-order valence-corrected chi connectivity index (χ4v) is 4.19. The number of amides is 1. The third kappa shape index (κ3) is 4.59. The van der Waals surface area contributed by atoms with E-state index in [2.05, 4.69) is 21.7 Å². The number of piperidine rings is 1. The zero-order valence-electron chi connectivity index (χ0n) is 16.6. The van der Waals surface area contributed by atoms with Crippen molar-refractivity contribution in [2.24, 2.45) is 0 Å². The first-order valence-electron chi connectivity index (χ1n) is 10.1. The molecule has 1 aromatic rings. The molecule has 3 rings (SSSR count). The van der Waals surface area contributed by atoms with E-state index >= 15 is 0 Å². The van der Waals surface area contributed by atoms with Gasteiger partial charge in [0.05, 0.1) is 11.6 Å². The van der Waals surface area contributed by atoms with Crippen molar-refractivity contribution in [2.45, 2.75) is 57.8 Å². The zero-order chi connectivity index (χ0) is 20.3. The molecule has 1 amide bonds. The molecule has 0 N–H and O–H groups in total. The minimum Gasteiger partial charge on any atom is -0.354 e. The predicted molar refractivity (Wildman–Crippen MR) is 102 cm³/mol. The summed E-state index contributed by atoms with van der Waals surface area (Å²) in [6.45, 7) is 7.63. The highest BCUT2D eigenvalue weighted by Crippen LogP contribution is 2.29. The van der Waals surface area contributed by atoms with Gasteiger partial charge in [-0.3, -0.25) is 9.69 Å². The summed E-state index contributed by atoms with van der Waals surface area (Å²) in [7, 11) is 0. The van der Waals surface area contributed by atoms with Crippen molar-refractivity contribution >= 4 is 11.7 Å². The van der Waals surface area contributed by atoms with Crippen LogP contribution in [-0.4, -0.2) is 65.5 Å². The van der Waals surface area contributed by atoms with Crippen LogP contribution in [0.3, 0.4) is 0 Å². The summed E-state index contributed by atoms with van der Waals surface area (Å²) in [6.07, 6.45) is 0.853. The number of hydrogen-bond donors (Lipinski definition) is 0. The summed E-state index contributed by atoms with van der Waals surface area (Å²) in [4.78, 5) is 23.2. The molecule has 2 fully saturated rings. The molecule has 28 heavy (non-hydrogen) atoms. The van der Waals surface area contributed by atoms with Crippen molar-refractivity contribution < 1.29 is 18.0 Å². The molecule has 2 aliphatic rings. The fourth-order valence-electron chi connectivity index (χ4n) is 4.19. The van der Waals surface area contributed by atoms with E-state index in [1.54, 1.807) is 0 Å². The van der Waals surface area contributed by atoms with Gasteiger partial charge in [-0.15, -0.1) is 0 Å². The van der Waals surface area contributed by atoms with E-state index < -0.39 is 11.7 Å². The molecule has 8 heteroatoms. The Hall–Kier alpha value is -1.83. The van der Waals surface area contributed by atoms with Gasteiger partial charge < -0.3 is 9.80 Å². The van der Waals surface area contributed by atoms with Gasteiger partial charge in [-0.25, -0.2) is 4.98 Å². The number of piperazine rings is 1.